The Morgan fingerprint density at radius 2 is 1.67 bits per heavy atom. The molecule has 142 valence electrons. The van der Waals surface area contributed by atoms with Crippen LogP contribution in [0.5, 0.6) is 0 Å². The number of allylic oxidation sites excluding steroid dienone is 1. The van der Waals surface area contributed by atoms with Crippen molar-refractivity contribution in [3.05, 3.63) is 72.3 Å². The topological polar surface area (TPSA) is 58.6 Å². The molecule has 0 spiro atoms. The van der Waals surface area contributed by atoms with Gasteiger partial charge in [-0.05, 0) is 30.2 Å². The minimum atomic E-state index is -0.924. The van der Waals surface area contributed by atoms with Gasteiger partial charge in [0.05, 0.1) is 6.61 Å². The first kappa shape index (κ1) is 20.4. The van der Waals surface area contributed by atoms with Crippen molar-refractivity contribution in [2.75, 3.05) is 32.2 Å². The Kier molecular flexibility index (Phi) is 7.77. The minimum absolute atomic E-state index is 0.286. The van der Waals surface area contributed by atoms with Crippen LogP contribution in [-0.4, -0.2) is 39.1 Å². The average molecular weight is 366 g/mol. The van der Waals surface area contributed by atoms with E-state index in [9.17, 15) is 9.59 Å². The minimum Gasteiger partial charge on any atom is -0.383 e. The van der Waals surface area contributed by atoms with Gasteiger partial charge in [0.2, 0.25) is 11.8 Å². The van der Waals surface area contributed by atoms with Crippen molar-refractivity contribution >= 4 is 23.1 Å². The molecule has 2 amide bonds. The maximum absolute atomic E-state index is 13.1. The normalized spacial score (nSPS) is 12.3. The number of ether oxygens (including phenoxy) is 1. The van der Waals surface area contributed by atoms with Crippen LogP contribution in [0.3, 0.4) is 0 Å². The van der Waals surface area contributed by atoms with Crippen LogP contribution in [0.4, 0.5) is 5.69 Å². The van der Waals surface area contributed by atoms with Crippen molar-refractivity contribution in [2.45, 2.75) is 6.92 Å². The van der Waals surface area contributed by atoms with E-state index in [1.807, 2.05) is 67.6 Å². The molecule has 5 nitrogen and oxygen atoms in total. The van der Waals surface area contributed by atoms with E-state index in [-0.39, 0.29) is 11.8 Å². The number of nitrogens with one attached hydrogen (secondary N) is 1. The van der Waals surface area contributed by atoms with Crippen molar-refractivity contribution in [3.8, 4) is 0 Å². The number of carbonyl (C=O) groups is 2. The first-order valence-corrected chi connectivity index (χ1v) is 8.87. The number of nitrogens with zero attached hydrogens (tertiary/aromatic N) is 1. The molecule has 0 aliphatic heterocycles. The van der Waals surface area contributed by atoms with Crippen LogP contribution < -0.4 is 10.2 Å². The van der Waals surface area contributed by atoms with Crippen LogP contribution in [0.2, 0.25) is 0 Å². The summed E-state index contributed by atoms with van der Waals surface area (Å²) in [6.07, 6.45) is 1.72. The molecular formula is C22H26N2O3. The van der Waals surface area contributed by atoms with Crippen LogP contribution in [0.25, 0.3) is 5.57 Å². The highest BCUT2D eigenvalue weighted by molar-refractivity contribution is 6.09. The molecular weight excluding hydrogens is 340 g/mol. The molecule has 0 heterocycles. The van der Waals surface area contributed by atoms with Gasteiger partial charge in [0, 0.05) is 26.4 Å². The van der Waals surface area contributed by atoms with E-state index in [0.29, 0.717) is 13.2 Å². The lowest BCUT2D eigenvalue weighted by molar-refractivity contribution is -0.131. The third kappa shape index (κ3) is 5.79. The van der Waals surface area contributed by atoms with E-state index >= 15 is 0 Å². The molecule has 2 aromatic rings. The molecule has 1 N–H and O–H groups in total. The van der Waals surface area contributed by atoms with Crippen LogP contribution in [-0.2, 0) is 14.3 Å². The lowest BCUT2D eigenvalue weighted by Gasteiger charge is -2.22. The summed E-state index contributed by atoms with van der Waals surface area (Å²) in [6, 6.07) is 19.0. The highest BCUT2D eigenvalue weighted by Crippen LogP contribution is 2.20. The Morgan fingerprint density at radius 3 is 2.26 bits per heavy atom. The maximum atomic E-state index is 13.1. The number of carbonyl (C=O) groups excluding carboxylic acids is 2. The lowest BCUT2D eigenvalue weighted by atomic mass is 9.99. The van der Waals surface area contributed by atoms with Crippen LogP contribution in [0.1, 0.15) is 12.5 Å². The summed E-state index contributed by atoms with van der Waals surface area (Å²) < 4.78 is 4.97. The Balaban J connectivity index is 2.28. The molecule has 0 radical (unpaired) electrons. The van der Waals surface area contributed by atoms with Crippen LogP contribution >= 0.6 is 0 Å². The predicted molar refractivity (Wildman–Crippen MR) is 108 cm³/mol. The molecule has 1 atom stereocenters. The van der Waals surface area contributed by atoms with E-state index in [0.717, 1.165) is 16.8 Å². The zero-order valence-corrected chi connectivity index (χ0v) is 16.0. The quantitative estimate of drug-likeness (QED) is 0.577. The standard InChI is InChI=1S/C22H26N2O3/c1-17(18-10-6-4-7-11-18)16-20(21(25)23-14-15-27-3)22(26)24(2)19-12-8-5-9-13-19/h4-13,16,20H,14-15H2,1-3H3,(H,23,25)/b17-16+. The molecule has 0 aliphatic rings. The predicted octanol–water partition coefficient (Wildman–Crippen LogP) is 3.13. The molecule has 0 saturated carbocycles. The zero-order valence-electron chi connectivity index (χ0n) is 16.0. The summed E-state index contributed by atoms with van der Waals surface area (Å²) in [5.74, 6) is -1.55. The van der Waals surface area contributed by atoms with Gasteiger partial charge in [-0.25, -0.2) is 0 Å². The fraction of sp³-hybridized carbons (Fsp3) is 0.273. The number of rotatable bonds is 8. The fourth-order valence-corrected chi connectivity index (χ4v) is 2.68. The Bertz CT molecular complexity index is 773. The van der Waals surface area contributed by atoms with E-state index < -0.39 is 5.92 Å². The Morgan fingerprint density at radius 1 is 1.07 bits per heavy atom. The van der Waals surface area contributed by atoms with Crippen LogP contribution in [0, 0.1) is 5.92 Å². The van der Waals surface area contributed by atoms with Gasteiger partial charge in [-0.3, -0.25) is 9.59 Å². The van der Waals surface area contributed by atoms with Crippen LogP contribution in [0.15, 0.2) is 66.7 Å². The Hall–Kier alpha value is -2.92. The fourth-order valence-electron chi connectivity index (χ4n) is 2.68. The molecule has 2 rings (SSSR count). The smallest absolute Gasteiger partial charge is 0.243 e. The molecule has 5 heteroatoms. The molecule has 2 aromatic carbocycles. The van der Waals surface area contributed by atoms with Crippen molar-refractivity contribution in [3.63, 3.8) is 0 Å². The zero-order chi connectivity index (χ0) is 19.6. The van der Waals surface area contributed by atoms with E-state index in [1.165, 1.54) is 4.90 Å². The van der Waals surface area contributed by atoms with E-state index in [2.05, 4.69) is 5.32 Å². The summed E-state index contributed by atoms with van der Waals surface area (Å²) in [7, 11) is 3.25. The monoisotopic (exact) mass is 366 g/mol. The molecule has 0 saturated heterocycles. The van der Waals surface area contributed by atoms with E-state index in [4.69, 9.17) is 4.74 Å². The van der Waals surface area contributed by atoms with Gasteiger partial charge in [0.25, 0.3) is 0 Å². The summed E-state index contributed by atoms with van der Waals surface area (Å²) >= 11 is 0. The van der Waals surface area contributed by atoms with Crippen molar-refractivity contribution in [1.82, 2.24) is 5.32 Å². The van der Waals surface area contributed by atoms with Crippen molar-refractivity contribution in [1.29, 1.82) is 0 Å². The number of benzene rings is 2. The SMILES string of the molecule is COCCNC(=O)C(/C=C(\C)c1ccccc1)C(=O)N(C)c1ccccc1. The molecule has 0 bridgehead atoms. The third-order valence-corrected chi connectivity index (χ3v) is 4.27. The first-order chi connectivity index (χ1) is 13.0. The summed E-state index contributed by atoms with van der Waals surface area (Å²) in [5, 5.41) is 2.77. The van der Waals surface area contributed by atoms with Gasteiger partial charge in [0.1, 0.15) is 5.92 Å². The Labute approximate surface area is 160 Å². The number of methoxy groups -OCH3 is 1. The molecule has 0 aliphatic carbocycles. The second-order valence-electron chi connectivity index (χ2n) is 6.21. The van der Waals surface area contributed by atoms with E-state index in [1.54, 1.807) is 20.2 Å². The largest absolute Gasteiger partial charge is 0.383 e. The number of amides is 2. The van der Waals surface area contributed by atoms with Crippen molar-refractivity contribution in [2.24, 2.45) is 5.92 Å². The van der Waals surface area contributed by atoms with Gasteiger partial charge in [-0.15, -0.1) is 0 Å². The molecule has 1 unspecified atom stereocenters. The third-order valence-electron chi connectivity index (χ3n) is 4.27. The molecule has 27 heavy (non-hydrogen) atoms. The van der Waals surface area contributed by atoms with Crippen molar-refractivity contribution < 1.29 is 14.3 Å². The summed E-state index contributed by atoms with van der Waals surface area (Å²) in [6.45, 7) is 2.65. The highest BCUT2D eigenvalue weighted by Gasteiger charge is 2.28. The number of para-hydroxylation sites is 1. The van der Waals surface area contributed by atoms with Gasteiger partial charge in [0.15, 0.2) is 0 Å². The average Bonchev–Trinajstić information content (AvgIpc) is 2.72. The van der Waals surface area contributed by atoms with Gasteiger partial charge in [-0.1, -0.05) is 54.6 Å². The summed E-state index contributed by atoms with van der Waals surface area (Å²) in [4.78, 5) is 27.3. The first-order valence-electron chi connectivity index (χ1n) is 8.87. The number of hydrogen-bond acceptors (Lipinski definition) is 3. The lowest BCUT2D eigenvalue weighted by Crippen LogP contribution is -2.42. The number of anilines is 1. The summed E-state index contributed by atoms with van der Waals surface area (Å²) in [5.41, 5.74) is 2.59. The number of hydrogen-bond donors (Lipinski definition) is 1. The van der Waals surface area contributed by atoms with Gasteiger partial charge >= 0.3 is 0 Å². The molecule has 0 fully saturated rings. The second-order valence-corrected chi connectivity index (χ2v) is 6.21. The van der Waals surface area contributed by atoms with Gasteiger partial charge in [-0.2, -0.15) is 0 Å². The highest BCUT2D eigenvalue weighted by atomic mass is 16.5. The van der Waals surface area contributed by atoms with Gasteiger partial charge < -0.3 is 15.0 Å². The maximum Gasteiger partial charge on any atom is 0.243 e. The molecule has 0 aromatic heterocycles. The second kappa shape index (κ2) is 10.3.